The van der Waals surface area contributed by atoms with E-state index in [4.69, 9.17) is 5.73 Å². The highest BCUT2D eigenvalue weighted by Gasteiger charge is 2.15. The van der Waals surface area contributed by atoms with Gasteiger partial charge in [0.1, 0.15) is 0 Å². The van der Waals surface area contributed by atoms with Gasteiger partial charge in [-0.2, -0.15) is 0 Å². The minimum atomic E-state index is -0.366. The highest BCUT2D eigenvalue weighted by molar-refractivity contribution is 7.14. The number of halogens is 1. The lowest BCUT2D eigenvalue weighted by atomic mass is 10.1. The molecule has 17 heavy (non-hydrogen) atoms. The van der Waals surface area contributed by atoms with Gasteiger partial charge in [0.25, 0.3) is 5.91 Å². The molecule has 1 heterocycles. The van der Waals surface area contributed by atoms with E-state index in [1.807, 2.05) is 26.8 Å². The van der Waals surface area contributed by atoms with E-state index < -0.39 is 0 Å². The molecule has 1 aromatic heterocycles. The number of aryl methyl sites for hydroxylation is 2. The number of amides is 1. The zero-order valence-electron chi connectivity index (χ0n) is 10.8. The van der Waals surface area contributed by atoms with Crippen LogP contribution in [0.15, 0.2) is 6.07 Å². The van der Waals surface area contributed by atoms with E-state index in [1.165, 1.54) is 10.4 Å². The van der Waals surface area contributed by atoms with Crippen molar-refractivity contribution in [2.24, 2.45) is 5.73 Å². The number of nitrogens with one attached hydrogen (secondary N) is 1. The molecular formula is C12H21ClN2OS. The van der Waals surface area contributed by atoms with Crippen LogP contribution in [0, 0.1) is 6.92 Å². The van der Waals surface area contributed by atoms with Crippen LogP contribution in [0.4, 0.5) is 0 Å². The first-order valence-electron chi connectivity index (χ1n) is 5.50. The lowest BCUT2D eigenvalue weighted by Gasteiger charge is -2.18. The van der Waals surface area contributed by atoms with Gasteiger partial charge in [0.2, 0.25) is 0 Å². The average molecular weight is 277 g/mol. The number of hydrogen-bond acceptors (Lipinski definition) is 3. The van der Waals surface area contributed by atoms with Gasteiger partial charge in [0.05, 0.1) is 4.88 Å². The predicted octanol–water partition coefficient (Wildman–Crippen LogP) is 2.51. The van der Waals surface area contributed by atoms with Crippen LogP contribution in [-0.4, -0.2) is 18.0 Å². The fraction of sp³-hybridized carbons (Fsp3) is 0.583. The number of rotatable bonds is 4. The standard InChI is InChI=1S/C12H20N2OS.ClH/c1-5-9-8(2)6-10(16-9)11(15)14-7-12(3,4)13;/h6H,5,7,13H2,1-4H3,(H,14,15);1H. The summed E-state index contributed by atoms with van der Waals surface area (Å²) < 4.78 is 0. The number of nitrogens with two attached hydrogens (primary N) is 1. The molecule has 0 aliphatic heterocycles. The van der Waals surface area contributed by atoms with Gasteiger partial charge in [-0.15, -0.1) is 23.7 Å². The van der Waals surface area contributed by atoms with Gasteiger partial charge in [0.15, 0.2) is 0 Å². The Morgan fingerprint density at radius 1 is 1.53 bits per heavy atom. The molecule has 0 aromatic carbocycles. The van der Waals surface area contributed by atoms with Crippen LogP contribution in [0.1, 0.15) is 40.9 Å². The Balaban J connectivity index is 0.00000256. The minimum absolute atomic E-state index is 0. The van der Waals surface area contributed by atoms with Gasteiger partial charge in [-0.05, 0) is 38.8 Å². The summed E-state index contributed by atoms with van der Waals surface area (Å²) in [4.78, 5) is 13.9. The molecule has 0 saturated heterocycles. The van der Waals surface area contributed by atoms with E-state index >= 15 is 0 Å². The highest BCUT2D eigenvalue weighted by atomic mass is 35.5. The Kier molecular flexibility index (Phi) is 6.16. The smallest absolute Gasteiger partial charge is 0.261 e. The topological polar surface area (TPSA) is 55.1 Å². The second kappa shape index (κ2) is 6.38. The maximum Gasteiger partial charge on any atom is 0.261 e. The van der Waals surface area contributed by atoms with Crippen molar-refractivity contribution < 1.29 is 4.79 Å². The summed E-state index contributed by atoms with van der Waals surface area (Å²) in [6, 6.07) is 1.95. The Labute approximate surface area is 113 Å². The summed E-state index contributed by atoms with van der Waals surface area (Å²) in [5.74, 6) is -0.0219. The molecule has 3 nitrogen and oxygen atoms in total. The zero-order chi connectivity index (χ0) is 12.3. The summed E-state index contributed by atoms with van der Waals surface area (Å²) in [6.07, 6.45) is 0.978. The number of carbonyl (C=O) groups excluding carboxylic acids is 1. The first kappa shape index (κ1) is 16.4. The minimum Gasteiger partial charge on any atom is -0.350 e. The van der Waals surface area contributed by atoms with Crippen molar-refractivity contribution in [1.82, 2.24) is 5.32 Å². The normalized spacial score (nSPS) is 10.9. The number of thiophene rings is 1. The molecule has 0 aliphatic rings. The third-order valence-corrected chi connectivity index (χ3v) is 3.65. The monoisotopic (exact) mass is 276 g/mol. The molecule has 0 unspecified atom stereocenters. The van der Waals surface area contributed by atoms with Crippen LogP contribution in [0.3, 0.4) is 0 Å². The van der Waals surface area contributed by atoms with Crippen molar-refractivity contribution in [2.75, 3.05) is 6.54 Å². The Morgan fingerprint density at radius 2 is 2.12 bits per heavy atom. The molecule has 5 heteroatoms. The van der Waals surface area contributed by atoms with Crippen LogP contribution in [0.5, 0.6) is 0 Å². The molecule has 3 N–H and O–H groups in total. The molecule has 0 aliphatic carbocycles. The van der Waals surface area contributed by atoms with Gasteiger partial charge in [0, 0.05) is 17.0 Å². The molecule has 98 valence electrons. The van der Waals surface area contributed by atoms with Crippen molar-refractivity contribution in [3.05, 3.63) is 21.4 Å². The molecule has 0 radical (unpaired) electrons. The molecular weight excluding hydrogens is 256 g/mol. The van der Waals surface area contributed by atoms with Crippen molar-refractivity contribution >= 4 is 29.7 Å². The molecule has 0 bridgehead atoms. The molecule has 0 spiro atoms. The second-order valence-corrected chi connectivity index (χ2v) is 5.88. The fourth-order valence-electron chi connectivity index (χ4n) is 1.38. The predicted molar refractivity (Wildman–Crippen MR) is 76.3 cm³/mol. The summed E-state index contributed by atoms with van der Waals surface area (Å²) in [5.41, 5.74) is 6.65. The SMILES string of the molecule is CCc1sc(C(=O)NCC(C)(C)N)cc1C.Cl. The van der Waals surface area contributed by atoms with Gasteiger partial charge < -0.3 is 11.1 Å². The van der Waals surface area contributed by atoms with E-state index in [0.29, 0.717) is 6.54 Å². The lowest BCUT2D eigenvalue weighted by molar-refractivity contribution is 0.0950. The van der Waals surface area contributed by atoms with Gasteiger partial charge in [-0.3, -0.25) is 4.79 Å². The average Bonchev–Trinajstić information content (AvgIpc) is 2.55. The van der Waals surface area contributed by atoms with E-state index in [1.54, 1.807) is 11.3 Å². The molecule has 1 aromatic rings. The largest absolute Gasteiger partial charge is 0.350 e. The summed E-state index contributed by atoms with van der Waals surface area (Å²) in [5, 5.41) is 2.85. The fourth-order valence-corrected chi connectivity index (χ4v) is 2.41. The van der Waals surface area contributed by atoms with Crippen LogP contribution in [-0.2, 0) is 6.42 Å². The van der Waals surface area contributed by atoms with Gasteiger partial charge >= 0.3 is 0 Å². The Morgan fingerprint density at radius 3 is 2.53 bits per heavy atom. The van der Waals surface area contributed by atoms with Crippen molar-refractivity contribution in [1.29, 1.82) is 0 Å². The van der Waals surface area contributed by atoms with E-state index in [2.05, 4.69) is 12.2 Å². The second-order valence-electron chi connectivity index (χ2n) is 4.74. The number of hydrogen-bond donors (Lipinski definition) is 2. The highest BCUT2D eigenvalue weighted by Crippen LogP contribution is 2.22. The van der Waals surface area contributed by atoms with Crippen LogP contribution < -0.4 is 11.1 Å². The molecule has 0 atom stereocenters. The molecule has 1 rings (SSSR count). The van der Waals surface area contributed by atoms with Gasteiger partial charge in [-0.1, -0.05) is 6.92 Å². The van der Waals surface area contributed by atoms with Crippen molar-refractivity contribution in [3.8, 4) is 0 Å². The molecule has 1 amide bonds. The molecule has 0 fully saturated rings. The summed E-state index contributed by atoms with van der Waals surface area (Å²) >= 11 is 1.57. The van der Waals surface area contributed by atoms with Crippen LogP contribution in [0.25, 0.3) is 0 Å². The van der Waals surface area contributed by atoms with Crippen LogP contribution >= 0.6 is 23.7 Å². The Hall–Kier alpha value is -0.580. The quantitative estimate of drug-likeness (QED) is 0.888. The first-order chi connectivity index (χ1) is 7.33. The summed E-state index contributed by atoms with van der Waals surface area (Å²) in [6.45, 7) is 8.42. The number of carbonyl (C=O) groups is 1. The molecule has 0 saturated carbocycles. The third-order valence-electron chi connectivity index (χ3n) is 2.27. The summed E-state index contributed by atoms with van der Waals surface area (Å²) in [7, 11) is 0. The maximum absolute atomic E-state index is 11.8. The van der Waals surface area contributed by atoms with Crippen molar-refractivity contribution in [3.63, 3.8) is 0 Å². The first-order valence-corrected chi connectivity index (χ1v) is 6.31. The van der Waals surface area contributed by atoms with Gasteiger partial charge in [-0.25, -0.2) is 0 Å². The van der Waals surface area contributed by atoms with E-state index in [0.717, 1.165) is 11.3 Å². The zero-order valence-corrected chi connectivity index (χ0v) is 12.4. The Bertz CT molecular complexity index is 382. The van der Waals surface area contributed by atoms with Crippen LogP contribution in [0.2, 0.25) is 0 Å². The maximum atomic E-state index is 11.8. The third kappa shape index (κ3) is 5.06. The van der Waals surface area contributed by atoms with E-state index in [-0.39, 0.29) is 23.9 Å². The van der Waals surface area contributed by atoms with Crippen molar-refractivity contribution in [2.45, 2.75) is 39.7 Å². The van der Waals surface area contributed by atoms with E-state index in [9.17, 15) is 4.79 Å². The lowest BCUT2D eigenvalue weighted by Crippen LogP contribution is -2.44.